The first kappa shape index (κ1) is 27.8. The van der Waals surface area contributed by atoms with Crippen LogP contribution in [0, 0.1) is 0 Å². The molecule has 170 valence electrons. The van der Waals surface area contributed by atoms with Crippen molar-refractivity contribution in [3.63, 3.8) is 0 Å². The van der Waals surface area contributed by atoms with Crippen LogP contribution in [0.3, 0.4) is 0 Å². The molecule has 0 aromatic heterocycles. The van der Waals surface area contributed by atoms with Gasteiger partial charge < -0.3 is 4.74 Å². The van der Waals surface area contributed by atoms with Crippen molar-refractivity contribution in [3.8, 4) is 0 Å². The number of unbranched alkanes of at least 4 members (excludes halogenated alkanes) is 11. The van der Waals surface area contributed by atoms with Crippen molar-refractivity contribution in [3.05, 3.63) is 0 Å². The average Bonchev–Trinajstić information content (AvgIpc) is 2.52. The third-order valence-electron chi connectivity index (χ3n) is 4.68. The topological polar surface area (TPSA) is 118 Å². The molecule has 2 N–H and O–H groups in total. The van der Waals surface area contributed by atoms with Gasteiger partial charge in [0, 0.05) is 0 Å². The standard InChI is InChI=1S/C19H40O7S2/c1-3-4-5-6-7-8-9-10-11-12-13-14-15-18(2)26-19(16-27(20,21)22)17-28(23,24)25/h18-19H,3-17H2,1-2H3,(H,20,21,22)(H,23,24,25). The van der Waals surface area contributed by atoms with Crippen LogP contribution in [0.2, 0.25) is 0 Å². The number of ether oxygens (including phenoxy) is 1. The monoisotopic (exact) mass is 444 g/mol. The largest absolute Gasteiger partial charge is 0.373 e. The molecule has 0 aliphatic heterocycles. The third kappa shape index (κ3) is 20.5. The van der Waals surface area contributed by atoms with E-state index >= 15 is 0 Å². The van der Waals surface area contributed by atoms with Gasteiger partial charge in [-0.3, -0.25) is 9.11 Å². The fraction of sp³-hybridized carbons (Fsp3) is 1.00. The van der Waals surface area contributed by atoms with Crippen LogP contribution >= 0.6 is 0 Å². The molecular formula is C19H40O7S2. The van der Waals surface area contributed by atoms with Gasteiger partial charge in [-0.1, -0.05) is 84.0 Å². The molecule has 0 aliphatic carbocycles. The summed E-state index contributed by atoms with van der Waals surface area (Å²) in [5.74, 6) is -1.70. The van der Waals surface area contributed by atoms with Crippen LogP contribution in [0.15, 0.2) is 0 Å². The molecule has 0 saturated heterocycles. The van der Waals surface area contributed by atoms with Crippen molar-refractivity contribution in [2.45, 2.75) is 110 Å². The molecule has 0 heterocycles. The predicted molar refractivity (Wildman–Crippen MR) is 113 cm³/mol. The smallest absolute Gasteiger partial charge is 0.267 e. The molecular weight excluding hydrogens is 404 g/mol. The molecule has 0 radical (unpaired) electrons. The van der Waals surface area contributed by atoms with E-state index in [4.69, 9.17) is 13.8 Å². The van der Waals surface area contributed by atoms with Crippen molar-refractivity contribution >= 4 is 20.2 Å². The third-order valence-corrected chi connectivity index (χ3v) is 6.27. The summed E-state index contributed by atoms with van der Waals surface area (Å²) in [4.78, 5) is 0. The molecule has 0 aromatic carbocycles. The van der Waals surface area contributed by atoms with Crippen LogP contribution in [0.5, 0.6) is 0 Å². The summed E-state index contributed by atoms with van der Waals surface area (Å²) in [6.45, 7) is 3.96. The van der Waals surface area contributed by atoms with E-state index in [1.807, 2.05) is 0 Å². The van der Waals surface area contributed by atoms with Crippen LogP contribution in [0.4, 0.5) is 0 Å². The Bertz CT molecular complexity index is 539. The van der Waals surface area contributed by atoms with Crippen LogP contribution < -0.4 is 0 Å². The molecule has 0 aromatic rings. The minimum absolute atomic E-state index is 0.350. The van der Waals surface area contributed by atoms with Gasteiger partial charge in [0.1, 0.15) is 11.5 Å². The van der Waals surface area contributed by atoms with Crippen LogP contribution in [0.25, 0.3) is 0 Å². The second-order valence-electron chi connectivity index (χ2n) is 7.74. The maximum atomic E-state index is 11.0. The van der Waals surface area contributed by atoms with Crippen molar-refractivity contribution in [1.82, 2.24) is 0 Å². The summed E-state index contributed by atoms with van der Waals surface area (Å²) < 4.78 is 67.2. The Balaban J connectivity index is 3.82. The molecule has 9 heteroatoms. The highest BCUT2D eigenvalue weighted by Gasteiger charge is 2.25. The normalized spacial score (nSPS) is 13.9. The van der Waals surface area contributed by atoms with E-state index in [-0.39, 0.29) is 6.10 Å². The SMILES string of the molecule is CCCCCCCCCCCCCCC(C)OC(CS(=O)(=O)O)CS(=O)(=O)O. The lowest BCUT2D eigenvalue weighted by Gasteiger charge is -2.20. The lowest BCUT2D eigenvalue weighted by molar-refractivity contribution is 0.0152. The predicted octanol–water partition coefficient (Wildman–Crippen LogP) is 4.63. The number of hydrogen-bond donors (Lipinski definition) is 2. The fourth-order valence-electron chi connectivity index (χ4n) is 3.27. The maximum absolute atomic E-state index is 11.0. The first-order valence-electron chi connectivity index (χ1n) is 10.6. The molecule has 0 aliphatic rings. The average molecular weight is 445 g/mol. The molecule has 0 spiro atoms. The summed E-state index contributed by atoms with van der Waals surface area (Å²) in [7, 11) is -8.78. The molecule has 0 bridgehead atoms. The summed E-state index contributed by atoms with van der Waals surface area (Å²) in [5, 5.41) is 0. The Morgan fingerprint density at radius 2 is 1.04 bits per heavy atom. The van der Waals surface area contributed by atoms with Gasteiger partial charge in [-0.25, -0.2) is 0 Å². The van der Waals surface area contributed by atoms with Crippen molar-refractivity contribution in [2.24, 2.45) is 0 Å². The van der Waals surface area contributed by atoms with Gasteiger partial charge in [0.2, 0.25) is 0 Å². The van der Waals surface area contributed by atoms with Crippen LogP contribution in [-0.2, 0) is 25.0 Å². The van der Waals surface area contributed by atoms with E-state index < -0.39 is 37.8 Å². The quantitative estimate of drug-likeness (QED) is 0.220. The summed E-state index contributed by atoms with van der Waals surface area (Å²) in [6.07, 6.45) is 13.9. The minimum Gasteiger partial charge on any atom is -0.373 e. The fourth-order valence-corrected chi connectivity index (χ4v) is 4.75. The van der Waals surface area contributed by atoms with E-state index in [0.717, 1.165) is 19.3 Å². The highest BCUT2D eigenvalue weighted by Crippen LogP contribution is 2.15. The zero-order valence-electron chi connectivity index (χ0n) is 17.5. The molecule has 1 atom stereocenters. The Morgan fingerprint density at radius 3 is 1.39 bits per heavy atom. The van der Waals surface area contributed by atoms with Crippen LogP contribution in [-0.4, -0.2) is 49.7 Å². The highest BCUT2D eigenvalue weighted by molar-refractivity contribution is 7.86. The van der Waals surface area contributed by atoms with Gasteiger partial charge in [0.15, 0.2) is 0 Å². The van der Waals surface area contributed by atoms with Gasteiger partial charge >= 0.3 is 0 Å². The van der Waals surface area contributed by atoms with Gasteiger partial charge in [0.05, 0.1) is 12.2 Å². The molecule has 0 rings (SSSR count). The molecule has 28 heavy (non-hydrogen) atoms. The van der Waals surface area contributed by atoms with Crippen LogP contribution in [0.1, 0.15) is 97.3 Å². The Labute approximate surface area is 172 Å². The molecule has 0 fully saturated rings. The molecule has 1 unspecified atom stereocenters. The van der Waals surface area contributed by atoms with Gasteiger partial charge in [-0.2, -0.15) is 16.8 Å². The first-order chi connectivity index (χ1) is 13.0. The Morgan fingerprint density at radius 1 is 0.679 bits per heavy atom. The minimum atomic E-state index is -4.39. The van der Waals surface area contributed by atoms with Crippen molar-refractivity contribution in [2.75, 3.05) is 11.5 Å². The van der Waals surface area contributed by atoms with E-state index in [9.17, 15) is 16.8 Å². The number of hydrogen-bond acceptors (Lipinski definition) is 5. The second-order valence-corrected chi connectivity index (χ2v) is 10.7. The zero-order valence-corrected chi connectivity index (χ0v) is 19.1. The highest BCUT2D eigenvalue weighted by atomic mass is 32.2. The lowest BCUT2D eigenvalue weighted by Crippen LogP contribution is -2.33. The summed E-state index contributed by atoms with van der Waals surface area (Å²) >= 11 is 0. The van der Waals surface area contributed by atoms with E-state index in [1.54, 1.807) is 6.92 Å². The molecule has 0 amide bonds. The van der Waals surface area contributed by atoms with E-state index in [1.165, 1.54) is 57.8 Å². The Kier molecular flexibility index (Phi) is 15.5. The van der Waals surface area contributed by atoms with Crippen molar-refractivity contribution < 1.29 is 30.7 Å². The Hall–Kier alpha value is -0.220. The van der Waals surface area contributed by atoms with Gasteiger partial charge in [-0.15, -0.1) is 0 Å². The molecule has 7 nitrogen and oxygen atoms in total. The van der Waals surface area contributed by atoms with Gasteiger partial charge in [-0.05, 0) is 13.3 Å². The number of rotatable bonds is 19. The maximum Gasteiger partial charge on any atom is 0.267 e. The first-order valence-corrected chi connectivity index (χ1v) is 13.8. The van der Waals surface area contributed by atoms with Crippen molar-refractivity contribution in [1.29, 1.82) is 0 Å². The lowest BCUT2D eigenvalue weighted by atomic mass is 10.0. The zero-order chi connectivity index (χ0) is 21.5. The summed E-state index contributed by atoms with van der Waals surface area (Å²) in [5.41, 5.74) is 0. The molecule has 0 saturated carbocycles. The van der Waals surface area contributed by atoms with E-state index in [0.29, 0.717) is 6.42 Å². The van der Waals surface area contributed by atoms with E-state index in [2.05, 4.69) is 6.92 Å². The van der Waals surface area contributed by atoms with Gasteiger partial charge in [0.25, 0.3) is 20.2 Å². The second kappa shape index (κ2) is 15.6. The summed E-state index contributed by atoms with van der Waals surface area (Å²) in [6, 6.07) is 0.